The molecule has 0 aliphatic heterocycles. The van der Waals surface area contributed by atoms with Gasteiger partial charge in [-0.15, -0.1) is 0 Å². The molecule has 0 atom stereocenters. The summed E-state index contributed by atoms with van der Waals surface area (Å²) in [7, 11) is 0. The van der Waals surface area contributed by atoms with Gasteiger partial charge >= 0.3 is 0 Å². The first-order valence-corrected chi connectivity index (χ1v) is 33.4. The molecular weight excluding hydrogens is 1180 g/mol. The SMILES string of the molecule is c1ccc(-n2c3ccccc3c3ccc4c(c5ccccc5n4-c4cc(-n5c6ccccc6c6c5ccc5c7ccccc7n(-c7ccccc7)c56)cc(-n5c6ccccc6c6ccc7c8ccccc8n(-c8cccc(-n9c%10ccccc%10c%10ccccc%109)c8)c7c65)c4)c32)cc1. The van der Waals surface area contributed by atoms with E-state index in [2.05, 4.69) is 366 Å². The standard InChI is InChI=1S/C90H55N7/c1-3-24-56(25-4-1)94-77-40-17-9-32-65(77)69-48-50-83-85(87(69)94)73-36-13-21-44-81(73)92(83)60-53-61(93-82-45-22-14-37-74(82)86-84(93)51-49-70-66-33-10-18-41-78(66)95(88(70)86)57-26-5-2-6-27-57)55-62(54-60)97-80-43-20-12-35-68(80)72-47-46-71-67-34-11-19-42-79(67)96(89(71)90(72)97)59-29-23-28-58(52-59)91-75-38-15-7-30-63(75)64-31-8-16-39-76(64)91/h1-55H. The summed E-state index contributed by atoms with van der Waals surface area (Å²) in [6.07, 6.45) is 0. The van der Waals surface area contributed by atoms with Crippen molar-refractivity contribution in [3.63, 3.8) is 0 Å². The van der Waals surface area contributed by atoms with Crippen molar-refractivity contribution in [3.8, 4) is 39.8 Å². The molecule has 22 rings (SSSR count). The molecular formula is C90H55N7. The number of para-hydroxylation sites is 10. The number of fused-ring (bicyclic) bond motifs is 24. The first-order chi connectivity index (χ1) is 48.2. The van der Waals surface area contributed by atoms with Gasteiger partial charge in [0.1, 0.15) is 0 Å². The fraction of sp³-hybridized carbons (Fsp3) is 0. The molecule has 0 saturated carbocycles. The molecule has 450 valence electrons. The fourth-order valence-corrected chi connectivity index (χ4v) is 17.2. The summed E-state index contributed by atoms with van der Waals surface area (Å²) < 4.78 is 17.6. The maximum Gasteiger partial charge on any atom is 0.0788 e. The highest BCUT2D eigenvalue weighted by atomic mass is 15.1. The Kier molecular flexibility index (Phi) is 10.7. The van der Waals surface area contributed by atoms with Crippen LogP contribution in [0, 0.1) is 0 Å². The largest absolute Gasteiger partial charge is 0.309 e. The molecule has 0 N–H and O–H groups in total. The van der Waals surface area contributed by atoms with E-state index in [1.807, 2.05) is 0 Å². The van der Waals surface area contributed by atoms with Crippen LogP contribution in [0.25, 0.3) is 192 Å². The third-order valence-corrected chi connectivity index (χ3v) is 21.0. The Morgan fingerprint density at radius 1 is 0.124 bits per heavy atom. The summed E-state index contributed by atoms with van der Waals surface area (Å²) in [5.41, 5.74) is 23.7. The number of hydrogen-bond acceptors (Lipinski definition) is 0. The van der Waals surface area contributed by atoms with Crippen molar-refractivity contribution in [2.45, 2.75) is 0 Å². The van der Waals surface area contributed by atoms with E-state index in [9.17, 15) is 0 Å². The Hall–Kier alpha value is -13.1. The van der Waals surface area contributed by atoms with E-state index in [0.717, 1.165) is 83.9 Å². The zero-order valence-electron chi connectivity index (χ0n) is 52.4. The molecule has 7 aromatic heterocycles. The zero-order valence-corrected chi connectivity index (χ0v) is 52.4. The topological polar surface area (TPSA) is 34.5 Å². The molecule has 0 saturated heterocycles. The van der Waals surface area contributed by atoms with Crippen LogP contribution in [-0.2, 0) is 0 Å². The summed E-state index contributed by atoms with van der Waals surface area (Å²) in [6.45, 7) is 0. The van der Waals surface area contributed by atoms with Crippen LogP contribution in [0.2, 0.25) is 0 Å². The number of benzene rings is 15. The second-order valence-corrected chi connectivity index (χ2v) is 26.0. The van der Waals surface area contributed by atoms with Crippen LogP contribution in [0.1, 0.15) is 0 Å². The van der Waals surface area contributed by atoms with Crippen molar-refractivity contribution in [2.24, 2.45) is 0 Å². The molecule has 0 amide bonds. The highest BCUT2D eigenvalue weighted by molar-refractivity contribution is 6.29. The predicted molar refractivity (Wildman–Crippen MR) is 407 cm³/mol. The molecule has 0 unspecified atom stereocenters. The van der Waals surface area contributed by atoms with Crippen molar-refractivity contribution in [1.29, 1.82) is 0 Å². The van der Waals surface area contributed by atoms with E-state index < -0.39 is 0 Å². The molecule has 7 nitrogen and oxygen atoms in total. The molecule has 0 bridgehead atoms. The number of nitrogens with zero attached hydrogens (tertiary/aromatic N) is 7. The van der Waals surface area contributed by atoms with E-state index in [0.29, 0.717) is 0 Å². The molecule has 22 aromatic rings. The minimum atomic E-state index is 1.04. The van der Waals surface area contributed by atoms with Crippen molar-refractivity contribution in [3.05, 3.63) is 334 Å². The maximum atomic E-state index is 2.59. The van der Waals surface area contributed by atoms with Crippen molar-refractivity contribution < 1.29 is 0 Å². The number of aromatic nitrogens is 7. The zero-order chi connectivity index (χ0) is 63.1. The van der Waals surface area contributed by atoms with Crippen molar-refractivity contribution >= 4 is 153 Å². The quantitative estimate of drug-likeness (QED) is 0.152. The van der Waals surface area contributed by atoms with Gasteiger partial charge in [0.2, 0.25) is 0 Å². The molecule has 0 spiro atoms. The maximum absolute atomic E-state index is 2.59. The molecule has 0 aliphatic carbocycles. The van der Waals surface area contributed by atoms with Crippen LogP contribution < -0.4 is 0 Å². The van der Waals surface area contributed by atoms with Gasteiger partial charge in [0.05, 0.1) is 94.3 Å². The van der Waals surface area contributed by atoms with Gasteiger partial charge in [-0.1, -0.05) is 212 Å². The number of hydrogen-bond donors (Lipinski definition) is 0. The van der Waals surface area contributed by atoms with E-state index >= 15 is 0 Å². The third-order valence-electron chi connectivity index (χ3n) is 21.0. The molecule has 0 aliphatic rings. The first kappa shape index (κ1) is 52.4. The van der Waals surface area contributed by atoms with Crippen LogP contribution in [0.15, 0.2) is 334 Å². The van der Waals surface area contributed by atoms with Crippen molar-refractivity contribution in [2.75, 3.05) is 0 Å². The van der Waals surface area contributed by atoms with Gasteiger partial charge in [-0.25, -0.2) is 0 Å². The van der Waals surface area contributed by atoms with Gasteiger partial charge in [0.15, 0.2) is 0 Å². The van der Waals surface area contributed by atoms with Gasteiger partial charge in [0.25, 0.3) is 0 Å². The Labute approximate surface area is 554 Å². The molecule has 97 heavy (non-hydrogen) atoms. The minimum Gasteiger partial charge on any atom is -0.309 e. The van der Waals surface area contributed by atoms with E-state index in [-0.39, 0.29) is 0 Å². The fourth-order valence-electron chi connectivity index (χ4n) is 17.2. The monoisotopic (exact) mass is 1230 g/mol. The molecule has 7 heteroatoms. The van der Waals surface area contributed by atoms with Gasteiger partial charge in [0, 0.05) is 98.2 Å². The summed E-state index contributed by atoms with van der Waals surface area (Å²) in [6, 6.07) is 124. The summed E-state index contributed by atoms with van der Waals surface area (Å²) in [5, 5.41) is 16.9. The second-order valence-electron chi connectivity index (χ2n) is 26.0. The molecule has 15 aromatic carbocycles. The van der Waals surface area contributed by atoms with Gasteiger partial charge in [-0.05, 0) is 121 Å². The lowest BCUT2D eigenvalue weighted by molar-refractivity contribution is 1.09. The summed E-state index contributed by atoms with van der Waals surface area (Å²) >= 11 is 0. The lowest BCUT2D eigenvalue weighted by atomic mass is 10.1. The normalized spacial score (nSPS) is 12.3. The Bertz CT molecular complexity index is 6820. The van der Waals surface area contributed by atoms with Crippen LogP contribution in [0.4, 0.5) is 0 Å². The average molecular weight is 1230 g/mol. The van der Waals surface area contributed by atoms with Crippen LogP contribution in [0.3, 0.4) is 0 Å². The lowest BCUT2D eigenvalue weighted by Gasteiger charge is -2.18. The number of rotatable bonds is 7. The van der Waals surface area contributed by atoms with Crippen molar-refractivity contribution in [1.82, 2.24) is 32.0 Å². The first-order valence-electron chi connectivity index (χ1n) is 33.4. The average Bonchev–Trinajstić information content (AvgIpc) is 1.55. The van der Waals surface area contributed by atoms with Gasteiger partial charge in [-0.2, -0.15) is 0 Å². The molecule has 0 radical (unpaired) electrons. The Balaban J connectivity index is 0.889. The van der Waals surface area contributed by atoms with Crippen LogP contribution in [-0.4, -0.2) is 32.0 Å². The molecule has 0 fully saturated rings. The second kappa shape index (κ2) is 19.7. The van der Waals surface area contributed by atoms with E-state index in [4.69, 9.17) is 0 Å². The van der Waals surface area contributed by atoms with E-state index in [1.54, 1.807) is 0 Å². The highest BCUT2D eigenvalue weighted by Crippen LogP contribution is 2.48. The Morgan fingerprint density at radius 2 is 0.351 bits per heavy atom. The smallest absolute Gasteiger partial charge is 0.0788 e. The highest BCUT2D eigenvalue weighted by Gasteiger charge is 2.28. The third kappa shape index (κ3) is 7.13. The van der Waals surface area contributed by atoms with E-state index in [1.165, 1.54) is 109 Å². The Morgan fingerprint density at radius 3 is 0.732 bits per heavy atom. The lowest BCUT2D eigenvalue weighted by Crippen LogP contribution is -2.04. The minimum absolute atomic E-state index is 1.04. The summed E-state index contributed by atoms with van der Waals surface area (Å²) in [4.78, 5) is 0. The van der Waals surface area contributed by atoms with Crippen LogP contribution in [0.5, 0.6) is 0 Å². The van der Waals surface area contributed by atoms with Crippen LogP contribution >= 0.6 is 0 Å². The predicted octanol–water partition coefficient (Wildman–Crippen LogP) is 23.4. The molecule has 7 heterocycles. The van der Waals surface area contributed by atoms with Gasteiger partial charge < -0.3 is 32.0 Å². The van der Waals surface area contributed by atoms with Gasteiger partial charge in [-0.3, -0.25) is 0 Å². The summed E-state index contributed by atoms with van der Waals surface area (Å²) in [5.74, 6) is 0.